The topological polar surface area (TPSA) is 135 Å². The van der Waals surface area contributed by atoms with Crippen molar-refractivity contribution in [3.05, 3.63) is 75.4 Å². The van der Waals surface area contributed by atoms with E-state index in [-0.39, 0.29) is 23.6 Å². The van der Waals surface area contributed by atoms with Crippen LogP contribution in [0, 0.1) is 0 Å². The first kappa shape index (κ1) is 27.2. The lowest BCUT2D eigenvalue weighted by atomic mass is 9.82. The van der Waals surface area contributed by atoms with Gasteiger partial charge in [-0.3, -0.25) is 4.79 Å². The van der Waals surface area contributed by atoms with E-state index in [1.807, 2.05) is 49.7 Å². The maximum Gasteiger partial charge on any atom is 0.407 e. The minimum Gasteiger partial charge on any atom is -0.465 e. The van der Waals surface area contributed by atoms with Gasteiger partial charge in [-0.1, -0.05) is 11.6 Å². The molecule has 1 aromatic carbocycles. The molecule has 0 bridgehead atoms. The zero-order chi connectivity index (χ0) is 28.9. The number of pyridine rings is 1. The largest absolute Gasteiger partial charge is 0.465 e. The average molecular weight is 577 g/mol. The summed E-state index contributed by atoms with van der Waals surface area (Å²) in [5.41, 5.74) is 3.73. The van der Waals surface area contributed by atoms with Crippen LogP contribution in [0.2, 0.25) is 5.02 Å². The van der Waals surface area contributed by atoms with E-state index >= 15 is 0 Å². The van der Waals surface area contributed by atoms with Gasteiger partial charge in [0, 0.05) is 51.7 Å². The lowest BCUT2D eigenvalue weighted by Crippen LogP contribution is -2.52. The molecule has 0 saturated heterocycles. The monoisotopic (exact) mass is 576 g/mol. The standard InChI is InChI=1S/C29H33ClN8O3/c1-29(2,3)38(28(40)41)20-7-4-17(5-8-20)23-15-31-27(33-23)25-11-9-21-12-18(13-26(39)37(21)25)22-14-19(30)6-10-24(22)36-16-32-34-35-36/h6,10,12-17,20,25H,4-5,7-9,11H2,1-3H3,(H,31,33)(H,40,41)/t17-,20-,25-/m0/s1. The molecular formula is C29H33ClN8O3. The fraction of sp³-hybridized carbons (Fsp3) is 0.448. The first-order valence-electron chi connectivity index (χ1n) is 14.0. The Hall–Kier alpha value is -3.99. The van der Waals surface area contributed by atoms with Crippen molar-refractivity contribution in [3.8, 4) is 16.8 Å². The molecule has 1 amide bonds. The summed E-state index contributed by atoms with van der Waals surface area (Å²) in [6, 6.07) is 8.95. The molecule has 4 heterocycles. The average Bonchev–Trinajstić information content (AvgIpc) is 3.69. The molecule has 1 aliphatic heterocycles. The number of halogens is 1. The fourth-order valence-corrected chi connectivity index (χ4v) is 6.76. The van der Waals surface area contributed by atoms with E-state index in [2.05, 4.69) is 20.5 Å². The summed E-state index contributed by atoms with van der Waals surface area (Å²) in [6.45, 7) is 5.84. The van der Waals surface area contributed by atoms with Crippen LogP contribution in [0.25, 0.3) is 16.8 Å². The molecule has 4 aromatic rings. The predicted octanol–water partition coefficient (Wildman–Crippen LogP) is 5.21. The first-order chi connectivity index (χ1) is 19.6. The number of carbonyl (C=O) groups is 1. The number of imidazole rings is 1. The van der Waals surface area contributed by atoms with E-state index in [1.165, 1.54) is 6.33 Å². The summed E-state index contributed by atoms with van der Waals surface area (Å²) in [5, 5.41) is 21.8. The SMILES string of the molecule is CC(C)(C)N(C(=O)O)[C@H]1CC[C@H](c2cnc([C@@H]3CCc4cc(-c5cc(Cl)ccc5-n5cnnn5)cc(=O)n43)[nH]2)CC1. The number of hydrogen-bond acceptors (Lipinski definition) is 6. The zero-order valence-corrected chi connectivity index (χ0v) is 24.0. The maximum atomic E-state index is 13.5. The number of carboxylic acid groups (broad SMARTS) is 1. The van der Waals surface area contributed by atoms with E-state index in [1.54, 1.807) is 21.7 Å². The van der Waals surface area contributed by atoms with E-state index in [0.29, 0.717) is 5.02 Å². The number of nitrogens with zero attached hydrogens (tertiary/aromatic N) is 7. The molecule has 1 aliphatic carbocycles. The van der Waals surface area contributed by atoms with Crippen molar-refractivity contribution in [1.29, 1.82) is 0 Å². The highest BCUT2D eigenvalue weighted by Crippen LogP contribution is 2.38. The first-order valence-corrected chi connectivity index (χ1v) is 14.3. The van der Waals surface area contributed by atoms with Gasteiger partial charge in [0.15, 0.2) is 0 Å². The van der Waals surface area contributed by atoms with Gasteiger partial charge in [0.25, 0.3) is 5.56 Å². The molecule has 1 saturated carbocycles. The van der Waals surface area contributed by atoms with Crippen LogP contribution in [0.4, 0.5) is 4.79 Å². The Labute approximate surface area is 242 Å². The molecule has 41 heavy (non-hydrogen) atoms. The van der Waals surface area contributed by atoms with Crippen LogP contribution in [0.15, 0.2) is 47.7 Å². The Morgan fingerprint density at radius 3 is 2.59 bits per heavy atom. The second kappa shape index (κ2) is 10.4. The van der Waals surface area contributed by atoms with E-state index < -0.39 is 11.6 Å². The molecule has 1 atom stereocenters. The van der Waals surface area contributed by atoms with Crippen molar-refractivity contribution in [2.75, 3.05) is 0 Å². The van der Waals surface area contributed by atoms with Gasteiger partial charge in [-0.15, -0.1) is 5.10 Å². The number of benzene rings is 1. The second-order valence-electron chi connectivity index (χ2n) is 12.0. The number of nitrogens with one attached hydrogen (secondary N) is 1. The van der Waals surface area contributed by atoms with Crippen LogP contribution in [0.1, 0.15) is 82.0 Å². The highest BCUT2D eigenvalue weighted by atomic mass is 35.5. The summed E-state index contributed by atoms with van der Waals surface area (Å²) >= 11 is 6.33. The molecule has 2 N–H and O–H groups in total. The van der Waals surface area contributed by atoms with Gasteiger partial charge in [-0.2, -0.15) is 4.68 Å². The highest BCUT2D eigenvalue weighted by molar-refractivity contribution is 6.31. The molecule has 0 radical (unpaired) electrons. The van der Waals surface area contributed by atoms with Crippen molar-refractivity contribution in [2.45, 2.75) is 82.8 Å². The minimum absolute atomic E-state index is 0.0152. The van der Waals surface area contributed by atoms with Crippen LogP contribution < -0.4 is 5.56 Å². The Kier molecular flexibility index (Phi) is 6.93. The molecule has 2 aliphatic rings. The van der Waals surface area contributed by atoms with Gasteiger partial charge < -0.3 is 19.6 Å². The Morgan fingerprint density at radius 2 is 1.90 bits per heavy atom. The highest BCUT2D eigenvalue weighted by Gasteiger charge is 2.36. The van der Waals surface area contributed by atoms with Crippen LogP contribution in [-0.4, -0.2) is 62.4 Å². The van der Waals surface area contributed by atoms with Gasteiger partial charge >= 0.3 is 6.09 Å². The van der Waals surface area contributed by atoms with Gasteiger partial charge in [-0.05, 0) is 99.6 Å². The van der Waals surface area contributed by atoms with Crippen LogP contribution in [0.3, 0.4) is 0 Å². The van der Waals surface area contributed by atoms with Gasteiger partial charge in [-0.25, -0.2) is 9.78 Å². The molecule has 12 heteroatoms. The normalized spacial score (nSPS) is 20.6. The zero-order valence-electron chi connectivity index (χ0n) is 23.3. The lowest BCUT2D eigenvalue weighted by molar-refractivity contribution is 0.0545. The molecule has 0 spiro atoms. The van der Waals surface area contributed by atoms with Crippen molar-refractivity contribution >= 4 is 17.7 Å². The van der Waals surface area contributed by atoms with Crippen molar-refractivity contribution in [3.63, 3.8) is 0 Å². The number of H-pyrrole nitrogens is 1. The number of tetrazole rings is 1. The number of fused-ring (bicyclic) bond motifs is 1. The third-order valence-corrected chi connectivity index (χ3v) is 8.60. The second-order valence-corrected chi connectivity index (χ2v) is 12.4. The van der Waals surface area contributed by atoms with Gasteiger partial charge in [0.05, 0.1) is 11.7 Å². The van der Waals surface area contributed by atoms with E-state index in [0.717, 1.165) is 72.6 Å². The maximum absolute atomic E-state index is 13.5. The minimum atomic E-state index is -0.861. The lowest BCUT2D eigenvalue weighted by Gasteiger charge is -2.42. The number of rotatable bonds is 5. The molecule has 3 aromatic heterocycles. The Bertz CT molecular complexity index is 1630. The van der Waals surface area contributed by atoms with Crippen LogP contribution in [0.5, 0.6) is 0 Å². The Balaban J connectivity index is 1.22. The van der Waals surface area contributed by atoms with Crippen LogP contribution >= 0.6 is 11.6 Å². The number of hydrogen-bond donors (Lipinski definition) is 2. The summed E-state index contributed by atoms with van der Waals surface area (Å²) in [5.74, 6) is 1.07. The summed E-state index contributed by atoms with van der Waals surface area (Å²) in [4.78, 5) is 35.3. The molecule has 6 rings (SSSR count). The predicted molar refractivity (Wildman–Crippen MR) is 154 cm³/mol. The smallest absolute Gasteiger partial charge is 0.407 e. The van der Waals surface area contributed by atoms with Crippen molar-refractivity contribution < 1.29 is 9.90 Å². The van der Waals surface area contributed by atoms with Gasteiger partial charge in [0.2, 0.25) is 0 Å². The molecule has 0 unspecified atom stereocenters. The van der Waals surface area contributed by atoms with Crippen molar-refractivity contribution in [1.82, 2.24) is 39.6 Å². The molecular weight excluding hydrogens is 544 g/mol. The fourth-order valence-electron chi connectivity index (χ4n) is 6.58. The molecule has 1 fully saturated rings. The quantitative estimate of drug-likeness (QED) is 0.333. The summed E-state index contributed by atoms with van der Waals surface area (Å²) in [7, 11) is 0. The third-order valence-electron chi connectivity index (χ3n) is 8.36. The van der Waals surface area contributed by atoms with Gasteiger partial charge in [0.1, 0.15) is 12.2 Å². The van der Waals surface area contributed by atoms with Crippen LogP contribution in [-0.2, 0) is 6.42 Å². The van der Waals surface area contributed by atoms with E-state index in [9.17, 15) is 14.7 Å². The summed E-state index contributed by atoms with van der Waals surface area (Å²) in [6.07, 6.45) is 7.46. The number of aromatic amines is 1. The number of aromatic nitrogens is 7. The van der Waals surface area contributed by atoms with E-state index in [4.69, 9.17) is 16.6 Å². The van der Waals surface area contributed by atoms with Crippen molar-refractivity contribution in [2.24, 2.45) is 0 Å². The molecule has 11 nitrogen and oxygen atoms in total. The molecule has 214 valence electrons. The summed E-state index contributed by atoms with van der Waals surface area (Å²) < 4.78 is 3.39. The third kappa shape index (κ3) is 5.14. The Morgan fingerprint density at radius 1 is 1.12 bits per heavy atom. The number of aryl methyl sites for hydroxylation is 1. The number of amides is 1.